The van der Waals surface area contributed by atoms with E-state index in [0.717, 1.165) is 5.56 Å². The van der Waals surface area contributed by atoms with Gasteiger partial charge in [0.1, 0.15) is 10.7 Å². The molecule has 0 radical (unpaired) electrons. The number of non-ortho nitro benzene ring substituents is 1. The normalized spacial score (nSPS) is 10.5. The second kappa shape index (κ2) is 8.93. The predicted octanol–water partition coefficient (Wildman–Crippen LogP) is 3.53. The van der Waals surface area contributed by atoms with Crippen LogP contribution >= 0.6 is 23.2 Å². The number of nitrogens with one attached hydrogen (secondary N) is 2. The topological polar surface area (TPSA) is 119 Å². The summed E-state index contributed by atoms with van der Waals surface area (Å²) in [7, 11) is 0. The van der Waals surface area contributed by atoms with Gasteiger partial charge in [0.15, 0.2) is 0 Å². The molecule has 0 atom stereocenters. The van der Waals surface area contributed by atoms with Crippen LogP contribution in [0, 0.1) is 17.0 Å². The zero-order valence-electron chi connectivity index (χ0n) is 15.6. The number of hydrogen-bond acceptors (Lipinski definition) is 5. The molecule has 2 aromatic carbocycles. The van der Waals surface area contributed by atoms with Gasteiger partial charge >= 0.3 is 0 Å². The zero-order valence-corrected chi connectivity index (χ0v) is 17.1. The number of aryl methyl sites for hydroxylation is 1. The molecule has 0 unspecified atom stereocenters. The van der Waals surface area contributed by atoms with Gasteiger partial charge in [0.25, 0.3) is 17.5 Å². The summed E-state index contributed by atoms with van der Waals surface area (Å²) in [4.78, 5) is 34.8. The Hall–Kier alpha value is -3.43. The van der Waals surface area contributed by atoms with E-state index in [9.17, 15) is 19.7 Å². The van der Waals surface area contributed by atoms with E-state index in [1.165, 1.54) is 28.9 Å². The molecule has 2 N–H and O–H groups in total. The highest BCUT2D eigenvalue weighted by atomic mass is 35.5. The number of hydrazine groups is 1. The van der Waals surface area contributed by atoms with Gasteiger partial charge in [0.05, 0.1) is 17.2 Å². The molecule has 0 fully saturated rings. The molecule has 0 aliphatic carbocycles. The lowest BCUT2D eigenvalue weighted by Crippen LogP contribution is -2.41. The smallest absolute Gasteiger partial charge is 0.267 e. The minimum atomic E-state index is -0.654. The first-order valence-electron chi connectivity index (χ1n) is 8.59. The molecule has 0 saturated heterocycles. The summed E-state index contributed by atoms with van der Waals surface area (Å²) in [5.41, 5.74) is 5.75. The SMILES string of the molecule is Cc1nn(Cc2ccccc2Cl)c(Cl)c1C(=O)NNC(=O)c1ccc([N+](=O)[O-])cc1. The summed E-state index contributed by atoms with van der Waals surface area (Å²) >= 11 is 12.5. The van der Waals surface area contributed by atoms with Gasteiger partial charge in [0.2, 0.25) is 0 Å². The highest BCUT2D eigenvalue weighted by molar-refractivity contribution is 6.33. The number of hydrogen-bond donors (Lipinski definition) is 2. The van der Waals surface area contributed by atoms with E-state index >= 15 is 0 Å². The summed E-state index contributed by atoms with van der Waals surface area (Å²) in [6, 6.07) is 12.1. The van der Waals surface area contributed by atoms with Crippen LogP contribution in [0.1, 0.15) is 32.0 Å². The molecule has 0 aliphatic heterocycles. The Kier molecular flexibility index (Phi) is 6.34. The lowest BCUT2D eigenvalue weighted by atomic mass is 10.2. The Morgan fingerprint density at radius 3 is 2.33 bits per heavy atom. The molecular formula is C19H15Cl2N5O4. The molecule has 0 aliphatic rings. The molecule has 2 amide bonds. The molecule has 11 heteroatoms. The number of carbonyl (C=O) groups excluding carboxylic acids is 2. The monoisotopic (exact) mass is 447 g/mol. The van der Waals surface area contributed by atoms with Crippen LogP contribution in [0.2, 0.25) is 10.2 Å². The summed E-state index contributed by atoms with van der Waals surface area (Å²) < 4.78 is 1.44. The van der Waals surface area contributed by atoms with Gasteiger partial charge in [0, 0.05) is 22.7 Å². The minimum Gasteiger partial charge on any atom is -0.267 e. The Morgan fingerprint density at radius 2 is 1.70 bits per heavy atom. The fourth-order valence-electron chi connectivity index (χ4n) is 2.69. The van der Waals surface area contributed by atoms with Crippen molar-refractivity contribution in [2.45, 2.75) is 13.5 Å². The van der Waals surface area contributed by atoms with Crippen LogP contribution in [0.25, 0.3) is 0 Å². The summed E-state index contributed by atoms with van der Waals surface area (Å²) in [6.45, 7) is 1.88. The Labute approximate surface area is 180 Å². The number of halogens is 2. The van der Waals surface area contributed by atoms with Gasteiger partial charge in [-0.2, -0.15) is 5.10 Å². The average Bonchev–Trinajstić information content (AvgIpc) is 3.00. The molecule has 0 saturated carbocycles. The van der Waals surface area contributed by atoms with Crippen molar-refractivity contribution >= 4 is 40.7 Å². The van der Waals surface area contributed by atoms with Crippen molar-refractivity contribution in [2.75, 3.05) is 0 Å². The van der Waals surface area contributed by atoms with Gasteiger partial charge in [-0.15, -0.1) is 0 Å². The van der Waals surface area contributed by atoms with Crippen molar-refractivity contribution in [3.05, 3.63) is 91.2 Å². The van der Waals surface area contributed by atoms with Crippen LogP contribution in [-0.2, 0) is 6.54 Å². The molecule has 9 nitrogen and oxygen atoms in total. The van der Waals surface area contributed by atoms with E-state index in [2.05, 4.69) is 16.0 Å². The van der Waals surface area contributed by atoms with Gasteiger partial charge in [-0.3, -0.25) is 30.6 Å². The maximum Gasteiger partial charge on any atom is 0.274 e. The fourth-order valence-corrected chi connectivity index (χ4v) is 3.20. The minimum absolute atomic E-state index is 0.0921. The van der Waals surface area contributed by atoms with Gasteiger partial charge in [-0.05, 0) is 30.7 Å². The third-order valence-corrected chi connectivity index (χ3v) is 4.95. The summed E-state index contributed by atoms with van der Waals surface area (Å²) in [5.74, 6) is -1.30. The van der Waals surface area contributed by atoms with Crippen LogP contribution in [0.3, 0.4) is 0 Å². The maximum atomic E-state index is 12.5. The summed E-state index contributed by atoms with van der Waals surface area (Å²) in [6.07, 6.45) is 0. The number of nitro groups is 1. The lowest BCUT2D eigenvalue weighted by molar-refractivity contribution is -0.384. The third-order valence-electron chi connectivity index (χ3n) is 4.20. The summed E-state index contributed by atoms with van der Waals surface area (Å²) in [5, 5.41) is 15.6. The number of nitrogens with zero attached hydrogens (tertiary/aromatic N) is 3. The number of nitro benzene ring substituents is 1. The molecule has 154 valence electrons. The quantitative estimate of drug-likeness (QED) is 0.457. The van der Waals surface area contributed by atoms with E-state index < -0.39 is 16.7 Å². The van der Waals surface area contributed by atoms with E-state index in [4.69, 9.17) is 23.2 Å². The van der Waals surface area contributed by atoms with Crippen molar-refractivity contribution in [3.8, 4) is 0 Å². The molecule has 1 heterocycles. The highest BCUT2D eigenvalue weighted by Gasteiger charge is 2.21. The van der Waals surface area contributed by atoms with Crippen LogP contribution in [0.4, 0.5) is 5.69 Å². The molecule has 0 spiro atoms. The van der Waals surface area contributed by atoms with Crippen LogP contribution in [0.15, 0.2) is 48.5 Å². The van der Waals surface area contributed by atoms with Crippen LogP contribution in [0.5, 0.6) is 0 Å². The van der Waals surface area contributed by atoms with Gasteiger partial charge in [-0.1, -0.05) is 41.4 Å². The van der Waals surface area contributed by atoms with Crippen LogP contribution < -0.4 is 10.9 Å². The van der Waals surface area contributed by atoms with Crippen LogP contribution in [-0.4, -0.2) is 26.5 Å². The number of amides is 2. The van der Waals surface area contributed by atoms with E-state index in [1.807, 2.05) is 12.1 Å². The van der Waals surface area contributed by atoms with Crippen molar-refractivity contribution in [2.24, 2.45) is 0 Å². The van der Waals surface area contributed by atoms with Gasteiger partial charge in [-0.25, -0.2) is 4.68 Å². The van der Waals surface area contributed by atoms with Crippen molar-refractivity contribution in [1.82, 2.24) is 20.6 Å². The average molecular weight is 448 g/mol. The van der Waals surface area contributed by atoms with E-state index in [0.29, 0.717) is 10.7 Å². The first-order valence-corrected chi connectivity index (χ1v) is 9.35. The Morgan fingerprint density at radius 1 is 1.07 bits per heavy atom. The largest absolute Gasteiger partial charge is 0.274 e. The van der Waals surface area contributed by atoms with Crippen molar-refractivity contribution in [1.29, 1.82) is 0 Å². The lowest BCUT2D eigenvalue weighted by Gasteiger charge is -2.08. The van der Waals surface area contributed by atoms with Gasteiger partial charge < -0.3 is 0 Å². The molecular weight excluding hydrogens is 433 g/mol. The predicted molar refractivity (Wildman–Crippen MR) is 111 cm³/mol. The zero-order chi connectivity index (χ0) is 21.8. The Balaban J connectivity index is 1.69. The third kappa shape index (κ3) is 4.58. The molecule has 0 bridgehead atoms. The standard InChI is InChI=1S/C19H15Cl2N5O4/c1-11-16(17(21)25(24-11)10-13-4-2-3-5-15(13)20)19(28)23-22-18(27)12-6-8-14(9-7-12)26(29)30/h2-9H,10H2,1H3,(H,22,27)(H,23,28). The first-order chi connectivity index (χ1) is 14.3. The Bertz CT molecular complexity index is 1130. The second-order valence-electron chi connectivity index (χ2n) is 6.21. The number of benzene rings is 2. The number of carbonyl (C=O) groups is 2. The molecule has 3 aromatic rings. The fraction of sp³-hybridized carbons (Fsp3) is 0.105. The second-order valence-corrected chi connectivity index (χ2v) is 6.98. The number of rotatable bonds is 5. The van der Waals surface area contributed by atoms with E-state index in [1.54, 1.807) is 19.1 Å². The van der Waals surface area contributed by atoms with Crippen molar-refractivity contribution in [3.63, 3.8) is 0 Å². The molecule has 30 heavy (non-hydrogen) atoms. The molecule has 3 rings (SSSR count). The number of aromatic nitrogens is 2. The molecule has 1 aromatic heterocycles. The maximum absolute atomic E-state index is 12.5. The van der Waals surface area contributed by atoms with Crippen molar-refractivity contribution < 1.29 is 14.5 Å². The highest BCUT2D eigenvalue weighted by Crippen LogP contribution is 2.23. The van der Waals surface area contributed by atoms with E-state index in [-0.39, 0.29) is 28.5 Å². The first kappa shape index (κ1) is 21.3.